The smallest absolute Gasteiger partial charge is 0.0469 e. The van der Waals surface area contributed by atoms with Crippen LogP contribution in [-0.2, 0) is 0 Å². The zero-order valence-corrected chi connectivity index (χ0v) is 9.33. The standard InChI is InChI=1S/C7H16.C6H6.CH4/c1-6(2)5-7(3)4;1-2-4-6-5-3-1;/h6-7H,5H2,1-4H3;1-6H;1H4. The Morgan fingerprint density at radius 2 is 0.857 bits per heavy atom. The predicted molar refractivity (Wildman–Crippen MR) is 67.5 cm³/mol. The van der Waals surface area contributed by atoms with Crippen molar-refractivity contribution in [2.24, 2.45) is 11.8 Å². The molecule has 0 radical (unpaired) electrons. The first-order valence-electron chi connectivity index (χ1n) is 5.13. The lowest BCUT2D eigenvalue weighted by Crippen LogP contribution is -1.93. The van der Waals surface area contributed by atoms with Crippen molar-refractivity contribution in [1.29, 1.82) is 0 Å². The van der Waals surface area contributed by atoms with Crippen LogP contribution >= 0.6 is 0 Å². The lowest BCUT2D eigenvalue weighted by atomic mass is 10.0. The molecule has 0 heteroatoms. The first-order chi connectivity index (χ1) is 6.13. The van der Waals surface area contributed by atoms with Crippen molar-refractivity contribution in [1.82, 2.24) is 0 Å². The lowest BCUT2D eigenvalue weighted by Gasteiger charge is -2.05. The molecule has 1 aromatic carbocycles. The fourth-order valence-electron chi connectivity index (χ4n) is 1.33. The average molecular weight is 194 g/mol. The summed E-state index contributed by atoms with van der Waals surface area (Å²) in [6.07, 6.45) is 1.36. The van der Waals surface area contributed by atoms with E-state index in [-0.39, 0.29) is 7.43 Å². The zero-order chi connectivity index (χ0) is 10.1. The molecule has 0 unspecified atom stereocenters. The van der Waals surface area contributed by atoms with Crippen LogP contribution < -0.4 is 0 Å². The summed E-state index contributed by atoms with van der Waals surface area (Å²) in [5, 5.41) is 0. The molecular weight excluding hydrogens is 168 g/mol. The van der Waals surface area contributed by atoms with Gasteiger partial charge in [-0.15, -0.1) is 0 Å². The van der Waals surface area contributed by atoms with E-state index in [1.165, 1.54) is 6.42 Å². The molecular formula is C14H26. The Labute approximate surface area is 90.4 Å². The first-order valence-corrected chi connectivity index (χ1v) is 5.13. The molecule has 82 valence electrons. The molecule has 0 atom stereocenters. The molecule has 0 heterocycles. The Hall–Kier alpha value is -0.780. The monoisotopic (exact) mass is 194 g/mol. The second-order valence-corrected chi connectivity index (χ2v) is 4.18. The van der Waals surface area contributed by atoms with E-state index in [9.17, 15) is 0 Å². The van der Waals surface area contributed by atoms with Crippen LogP contribution in [0.3, 0.4) is 0 Å². The largest absolute Gasteiger partial charge is 0.0776 e. The van der Waals surface area contributed by atoms with Crippen molar-refractivity contribution in [3.63, 3.8) is 0 Å². The molecule has 14 heavy (non-hydrogen) atoms. The van der Waals surface area contributed by atoms with Crippen LogP contribution in [0.1, 0.15) is 41.5 Å². The van der Waals surface area contributed by atoms with Gasteiger partial charge in [0.1, 0.15) is 0 Å². The number of hydrogen-bond donors (Lipinski definition) is 0. The highest BCUT2D eigenvalue weighted by Gasteiger charge is 1.95. The predicted octanol–water partition coefficient (Wildman–Crippen LogP) is 5.01. The van der Waals surface area contributed by atoms with Crippen LogP contribution in [0.15, 0.2) is 36.4 Å². The minimum atomic E-state index is 0. The average Bonchev–Trinajstić information content (AvgIpc) is 2.06. The van der Waals surface area contributed by atoms with Crippen LogP contribution in [0.5, 0.6) is 0 Å². The SMILES string of the molecule is C.CC(C)CC(C)C.c1ccccc1. The summed E-state index contributed by atoms with van der Waals surface area (Å²) < 4.78 is 0. The molecule has 1 aromatic rings. The van der Waals surface area contributed by atoms with E-state index < -0.39 is 0 Å². The zero-order valence-electron chi connectivity index (χ0n) is 9.33. The summed E-state index contributed by atoms with van der Waals surface area (Å²) >= 11 is 0. The minimum Gasteiger partial charge on any atom is -0.0776 e. The molecule has 0 fully saturated rings. The summed E-state index contributed by atoms with van der Waals surface area (Å²) in [4.78, 5) is 0. The van der Waals surface area contributed by atoms with Crippen molar-refractivity contribution in [3.8, 4) is 0 Å². The summed E-state index contributed by atoms with van der Waals surface area (Å²) in [5.41, 5.74) is 0. The van der Waals surface area contributed by atoms with Crippen LogP contribution in [0, 0.1) is 11.8 Å². The molecule has 0 amide bonds. The van der Waals surface area contributed by atoms with Gasteiger partial charge in [-0.2, -0.15) is 0 Å². The van der Waals surface area contributed by atoms with Crippen molar-refractivity contribution in [2.45, 2.75) is 41.5 Å². The molecule has 0 N–H and O–H groups in total. The van der Waals surface area contributed by atoms with Gasteiger partial charge in [0.2, 0.25) is 0 Å². The summed E-state index contributed by atoms with van der Waals surface area (Å²) in [6.45, 7) is 9.06. The second kappa shape index (κ2) is 10.3. The maximum atomic E-state index is 2.26. The van der Waals surface area contributed by atoms with Gasteiger partial charge in [-0.25, -0.2) is 0 Å². The Bertz CT molecular complexity index is 142. The van der Waals surface area contributed by atoms with Crippen molar-refractivity contribution >= 4 is 0 Å². The van der Waals surface area contributed by atoms with Gasteiger partial charge in [-0.05, 0) is 18.3 Å². The molecule has 0 aliphatic rings. The van der Waals surface area contributed by atoms with Gasteiger partial charge in [0, 0.05) is 0 Å². The number of rotatable bonds is 2. The van der Waals surface area contributed by atoms with Crippen LogP contribution in [0.4, 0.5) is 0 Å². The minimum absolute atomic E-state index is 0. The molecule has 0 aromatic heterocycles. The van der Waals surface area contributed by atoms with E-state index in [2.05, 4.69) is 27.7 Å². The Balaban J connectivity index is 0. The fourth-order valence-corrected chi connectivity index (χ4v) is 1.33. The Morgan fingerprint density at radius 1 is 0.643 bits per heavy atom. The second-order valence-electron chi connectivity index (χ2n) is 4.18. The first kappa shape index (κ1) is 15.7. The third-order valence-electron chi connectivity index (χ3n) is 1.61. The topological polar surface area (TPSA) is 0 Å². The molecule has 0 saturated heterocycles. The maximum Gasteiger partial charge on any atom is -0.0469 e. The third kappa shape index (κ3) is 13.8. The van der Waals surface area contributed by atoms with Crippen LogP contribution in [0.2, 0.25) is 0 Å². The van der Waals surface area contributed by atoms with Gasteiger partial charge < -0.3 is 0 Å². The van der Waals surface area contributed by atoms with Gasteiger partial charge in [0.25, 0.3) is 0 Å². The van der Waals surface area contributed by atoms with Gasteiger partial charge in [0.15, 0.2) is 0 Å². The molecule has 0 aliphatic carbocycles. The van der Waals surface area contributed by atoms with Crippen molar-refractivity contribution < 1.29 is 0 Å². The van der Waals surface area contributed by atoms with Crippen molar-refractivity contribution in [3.05, 3.63) is 36.4 Å². The van der Waals surface area contributed by atoms with E-state index in [4.69, 9.17) is 0 Å². The molecule has 0 bridgehead atoms. The number of benzene rings is 1. The van der Waals surface area contributed by atoms with E-state index in [1.807, 2.05) is 36.4 Å². The summed E-state index contributed by atoms with van der Waals surface area (Å²) in [6, 6.07) is 12.0. The maximum absolute atomic E-state index is 2.26. The van der Waals surface area contributed by atoms with Crippen molar-refractivity contribution in [2.75, 3.05) is 0 Å². The summed E-state index contributed by atoms with van der Waals surface area (Å²) in [5.74, 6) is 1.75. The van der Waals surface area contributed by atoms with Gasteiger partial charge in [-0.3, -0.25) is 0 Å². The Kier molecular flexibility index (Phi) is 11.5. The highest BCUT2D eigenvalue weighted by Crippen LogP contribution is 2.08. The van der Waals surface area contributed by atoms with E-state index in [0.29, 0.717) is 0 Å². The van der Waals surface area contributed by atoms with Gasteiger partial charge >= 0.3 is 0 Å². The Morgan fingerprint density at radius 3 is 0.929 bits per heavy atom. The molecule has 0 saturated carbocycles. The summed E-state index contributed by atoms with van der Waals surface area (Å²) in [7, 11) is 0. The lowest BCUT2D eigenvalue weighted by molar-refractivity contribution is 0.469. The normalized spacial score (nSPS) is 9.00. The highest BCUT2D eigenvalue weighted by atomic mass is 14.0. The van der Waals surface area contributed by atoms with Crippen LogP contribution in [-0.4, -0.2) is 0 Å². The van der Waals surface area contributed by atoms with Gasteiger partial charge in [-0.1, -0.05) is 71.5 Å². The molecule has 0 nitrogen and oxygen atoms in total. The quantitative estimate of drug-likeness (QED) is 0.620. The number of hydrogen-bond acceptors (Lipinski definition) is 0. The molecule has 1 rings (SSSR count). The molecule has 0 aliphatic heterocycles. The van der Waals surface area contributed by atoms with E-state index in [0.717, 1.165) is 11.8 Å². The van der Waals surface area contributed by atoms with Gasteiger partial charge in [0.05, 0.1) is 0 Å². The molecule has 0 spiro atoms. The van der Waals surface area contributed by atoms with E-state index in [1.54, 1.807) is 0 Å². The van der Waals surface area contributed by atoms with Crippen LogP contribution in [0.25, 0.3) is 0 Å². The fraction of sp³-hybridized carbons (Fsp3) is 0.571. The highest BCUT2D eigenvalue weighted by molar-refractivity contribution is 4.99. The third-order valence-corrected chi connectivity index (χ3v) is 1.61. The van der Waals surface area contributed by atoms with E-state index >= 15 is 0 Å².